The highest BCUT2D eigenvalue weighted by atomic mass is 19.1. The van der Waals surface area contributed by atoms with Gasteiger partial charge in [-0.05, 0) is 57.5 Å². The summed E-state index contributed by atoms with van der Waals surface area (Å²) in [5.74, 6) is -0.960. The van der Waals surface area contributed by atoms with Crippen LogP contribution in [0.3, 0.4) is 0 Å². The molecule has 0 aliphatic rings. The number of pyridine rings is 3. The van der Waals surface area contributed by atoms with Crippen molar-refractivity contribution in [2.24, 2.45) is 0 Å². The maximum absolute atomic E-state index is 14.2. The number of nitrogens with zero attached hydrogens (tertiary/aromatic N) is 6. The molecule has 5 aromatic rings. The highest BCUT2D eigenvalue weighted by Gasteiger charge is 2.24. The number of hydrogen-bond acceptors (Lipinski definition) is 6. The van der Waals surface area contributed by atoms with Crippen LogP contribution in [0, 0.1) is 25.5 Å². The Balaban J connectivity index is 1.59. The van der Waals surface area contributed by atoms with Gasteiger partial charge in [0.2, 0.25) is 0 Å². The molecule has 5 heterocycles. The largest absolute Gasteiger partial charge is 0.371 e. The van der Waals surface area contributed by atoms with E-state index in [1.54, 1.807) is 47.0 Å². The van der Waals surface area contributed by atoms with Gasteiger partial charge in [0.1, 0.15) is 17.2 Å². The van der Waals surface area contributed by atoms with E-state index in [1.807, 2.05) is 39.8 Å². The molecule has 194 valence electrons. The minimum absolute atomic E-state index is 0.0603. The van der Waals surface area contributed by atoms with Crippen LogP contribution < -0.4 is 5.56 Å². The lowest BCUT2D eigenvalue weighted by Crippen LogP contribution is -2.23. The number of halogens is 2. The number of ether oxygens (including phenoxy) is 1. The summed E-state index contributed by atoms with van der Waals surface area (Å²) in [6.07, 6.45) is 6.04. The Morgan fingerprint density at radius 2 is 1.79 bits per heavy atom. The Morgan fingerprint density at radius 3 is 2.53 bits per heavy atom. The lowest BCUT2D eigenvalue weighted by atomic mass is 10.1. The number of aryl methyl sites for hydroxylation is 2. The Kier molecular flexibility index (Phi) is 6.36. The maximum Gasteiger partial charge on any atom is 0.264 e. The first-order chi connectivity index (χ1) is 18.1. The Bertz CT molecular complexity index is 1740. The molecule has 10 heteroatoms. The summed E-state index contributed by atoms with van der Waals surface area (Å²) in [7, 11) is 1.60. The van der Waals surface area contributed by atoms with Gasteiger partial charge in [-0.3, -0.25) is 19.3 Å². The molecule has 0 aromatic carbocycles. The average Bonchev–Trinajstić information content (AvgIpc) is 3.29. The first-order valence-electron chi connectivity index (χ1n) is 12.0. The van der Waals surface area contributed by atoms with Crippen molar-refractivity contribution in [2.45, 2.75) is 39.8 Å². The maximum atomic E-state index is 14.2. The van der Waals surface area contributed by atoms with Gasteiger partial charge in [-0.1, -0.05) is 0 Å². The van der Waals surface area contributed by atoms with Crippen molar-refractivity contribution in [3.8, 4) is 17.1 Å². The van der Waals surface area contributed by atoms with E-state index in [1.165, 1.54) is 0 Å². The highest BCUT2D eigenvalue weighted by molar-refractivity contribution is 5.80. The van der Waals surface area contributed by atoms with Gasteiger partial charge >= 0.3 is 0 Å². The number of hydrogen-bond donors (Lipinski definition) is 0. The monoisotopic (exact) mass is 516 g/mol. The van der Waals surface area contributed by atoms with E-state index in [4.69, 9.17) is 4.74 Å². The van der Waals surface area contributed by atoms with Crippen LogP contribution >= 0.6 is 0 Å². The first kappa shape index (κ1) is 25.3. The number of aromatic nitrogens is 6. The molecule has 0 saturated carbocycles. The minimum Gasteiger partial charge on any atom is -0.371 e. The fourth-order valence-electron chi connectivity index (χ4n) is 4.30. The van der Waals surface area contributed by atoms with Gasteiger partial charge in [-0.2, -0.15) is 0 Å². The van der Waals surface area contributed by atoms with E-state index < -0.39 is 17.2 Å². The lowest BCUT2D eigenvalue weighted by molar-refractivity contribution is 0.0115. The summed E-state index contributed by atoms with van der Waals surface area (Å²) >= 11 is 0. The number of rotatable bonds is 6. The molecule has 0 atom stereocenters. The second kappa shape index (κ2) is 9.53. The van der Waals surface area contributed by atoms with E-state index in [9.17, 15) is 13.6 Å². The van der Waals surface area contributed by atoms with E-state index in [0.717, 1.165) is 17.8 Å². The topological polar surface area (TPSA) is 87.7 Å². The summed E-state index contributed by atoms with van der Waals surface area (Å²) in [5.41, 5.74) is 3.16. The van der Waals surface area contributed by atoms with Gasteiger partial charge in [0.15, 0.2) is 5.82 Å². The molecule has 0 spiro atoms. The fraction of sp³-hybridized carbons (Fsp3) is 0.250. The third-order valence-corrected chi connectivity index (χ3v) is 6.62. The van der Waals surface area contributed by atoms with Crippen molar-refractivity contribution in [2.75, 3.05) is 7.11 Å². The zero-order valence-corrected chi connectivity index (χ0v) is 21.7. The second-order valence-corrected chi connectivity index (χ2v) is 9.59. The Hall–Kier alpha value is -4.31. The summed E-state index contributed by atoms with van der Waals surface area (Å²) in [4.78, 5) is 31.1. The molecule has 38 heavy (non-hydrogen) atoms. The summed E-state index contributed by atoms with van der Waals surface area (Å²) in [6.45, 7) is 7.54. The van der Waals surface area contributed by atoms with Gasteiger partial charge in [0.25, 0.3) is 5.56 Å². The smallest absolute Gasteiger partial charge is 0.264 e. The van der Waals surface area contributed by atoms with Crippen LogP contribution in [0.15, 0.2) is 59.9 Å². The van der Waals surface area contributed by atoms with Crippen LogP contribution in [0.4, 0.5) is 8.78 Å². The van der Waals surface area contributed by atoms with Crippen molar-refractivity contribution in [3.05, 3.63) is 99.9 Å². The van der Waals surface area contributed by atoms with Gasteiger partial charge in [-0.15, -0.1) is 0 Å². The summed E-state index contributed by atoms with van der Waals surface area (Å²) in [6, 6.07) is 7.94. The molecule has 0 fully saturated rings. The van der Waals surface area contributed by atoms with Crippen molar-refractivity contribution in [1.82, 2.24) is 29.1 Å². The molecule has 0 radical (unpaired) electrons. The van der Waals surface area contributed by atoms with E-state index in [2.05, 4.69) is 19.9 Å². The van der Waals surface area contributed by atoms with Gasteiger partial charge in [0.05, 0.1) is 46.4 Å². The van der Waals surface area contributed by atoms with E-state index in [-0.39, 0.29) is 17.8 Å². The van der Waals surface area contributed by atoms with Crippen LogP contribution in [0.1, 0.15) is 36.6 Å². The molecule has 8 nitrogen and oxygen atoms in total. The number of methoxy groups -OCH3 is 1. The standard InChI is InChI=1S/C28H26F2N6O2/c1-16-13-32-22(21-6-8-31-27(34-21)28(3,4)38-5)12-24(16)36-17(2)10-25-19(26(36)37)7-9-35(25)15-23-20(30)11-18(29)14-33-23/h6-14H,15H2,1-5H3. The molecule has 5 aromatic heterocycles. The van der Waals surface area contributed by atoms with Crippen molar-refractivity contribution < 1.29 is 13.5 Å². The minimum atomic E-state index is -0.741. The predicted molar refractivity (Wildman–Crippen MR) is 139 cm³/mol. The van der Waals surface area contributed by atoms with Crippen LogP contribution in [0.25, 0.3) is 28.0 Å². The number of fused-ring (bicyclic) bond motifs is 1. The van der Waals surface area contributed by atoms with E-state index >= 15 is 0 Å². The van der Waals surface area contributed by atoms with Crippen LogP contribution in [-0.4, -0.2) is 36.2 Å². The molecule has 0 bridgehead atoms. The van der Waals surface area contributed by atoms with Crippen molar-refractivity contribution >= 4 is 10.9 Å². The zero-order chi connectivity index (χ0) is 27.2. The quantitative estimate of drug-likeness (QED) is 0.320. The Morgan fingerprint density at radius 1 is 1.00 bits per heavy atom. The molecule has 0 aliphatic heterocycles. The van der Waals surface area contributed by atoms with E-state index in [0.29, 0.717) is 39.5 Å². The molecule has 0 amide bonds. The molecule has 0 saturated heterocycles. The van der Waals surface area contributed by atoms with Crippen molar-refractivity contribution in [3.63, 3.8) is 0 Å². The zero-order valence-electron chi connectivity index (χ0n) is 21.7. The third-order valence-electron chi connectivity index (χ3n) is 6.62. The van der Waals surface area contributed by atoms with Crippen LogP contribution in [0.2, 0.25) is 0 Å². The summed E-state index contributed by atoms with van der Waals surface area (Å²) in [5, 5.41) is 0.460. The molecule has 0 N–H and O–H groups in total. The van der Waals surface area contributed by atoms with Crippen molar-refractivity contribution in [1.29, 1.82) is 0 Å². The average molecular weight is 517 g/mol. The first-order valence-corrected chi connectivity index (χ1v) is 12.0. The lowest BCUT2D eigenvalue weighted by Gasteiger charge is -2.21. The summed E-state index contributed by atoms with van der Waals surface area (Å²) < 4.78 is 36.4. The molecule has 5 rings (SSSR count). The normalized spacial score (nSPS) is 11.9. The molecular weight excluding hydrogens is 490 g/mol. The van der Waals surface area contributed by atoms with Crippen LogP contribution in [-0.2, 0) is 16.9 Å². The molecule has 0 unspecified atom stereocenters. The van der Waals surface area contributed by atoms with Gasteiger partial charge in [0, 0.05) is 37.5 Å². The SMILES string of the molecule is COC(C)(C)c1nccc(-c2cc(-n3c(C)cc4c(ccn4Cc4ncc(F)cc4F)c3=O)c(C)cn2)n1. The van der Waals surface area contributed by atoms with Gasteiger partial charge < -0.3 is 9.30 Å². The Labute approximate surface area is 217 Å². The predicted octanol–water partition coefficient (Wildman–Crippen LogP) is 4.86. The second-order valence-electron chi connectivity index (χ2n) is 9.59. The highest BCUT2D eigenvalue weighted by Crippen LogP contribution is 2.26. The molecule has 0 aliphatic carbocycles. The van der Waals surface area contributed by atoms with Gasteiger partial charge in [-0.25, -0.2) is 18.7 Å². The third kappa shape index (κ3) is 4.47. The fourth-order valence-corrected chi connectivity index (χ4v) is 4.30. The molecular formula is C28H26F2N6O2. The van der Waals surface area contributed by atoms with Crippen LogP contribution in [0.5, 0.6) is 0 Å².